The van der Waals surface area contributed by atoms with E-state index in [-0.39, 0.29) is 24.8 Å². The van der Waals surface area contributed by atoms with E-state index in [0.717, 1.165) is 6.54 Å². The molecule has 0 bridgehead atoms. The van der Waals surface area contributed by atoms with Gasteiger partial charge in [0.05, 0.1) is 23.2 Å². The van der Waals surface area contributed by atoms with E-state index < -0.39 is 0 Å². The van der Waals surface area contributed by atoms with Crippen molar-refractivity contribution in [3.05, 3.63) is 36.2 Å². The van der Waals surface area contributed by atoms with Gasteiger partial charge in [0.15, 0.2) is 5.88 Å². The minimum absolute atomic E-state index is 0.0429. The Morgan fingerprint density at radius 2 is 2.12 bits per heavy atom. The number of aliphatic hydroxyl groups excluding tert-OH is 1. The van der Waals surface area contributed by atoms with Crippen molar-refractivity contribution in [1.29, 1.82) is 0 Å². The van der Waals surface area contributed by atoms with E-state index in [2.05, 4.69) is 30.2 Å². The van der Waals surface area contributed by atoms with E-state index in [1.807, 2.05) is 31.3 Å². The van der Waals surface area contributed by atoms with Crippen molar-refractivity contribution in [2.75, 3.05) is 57.9 Å². The lowest BCUT2D eigenvalue weighted by Gasteiger charge is -2.35. The van der Waals surface area contributed by atoms with Gasteiger partial charge in [-0.2, -0.15) is 0 Å². The van der Waals surface area contributed by atoms with Gasteiger partial charge in [-0.1, -0.05) is 6.07 Å². The van der Waals surface area contributed by atoms with Crippen LogP contribution in [0.5, 0.6) is 11.6 Å². The number of aromatic amines is 1. The number of carbonyl (C=O) groups is 1. The number of aliphatic imine (C=N–C) groups is 1. The Balaban J connectivity index is 1.56. The molecule has 3 aromatic rings. The minimum Gasteiger partial charge on any atom is -0.494 e. The van der Waals surface area contributed by atoms with Crippen LogP contribution in [-0.2, 0) is 4.79 Å². The van der Waals surface area contributed by atoms with Gasteiger partial charge in [-0.3, -0.25) is 9.79 Å². The van der Waals surface area contributed by atoms with Crippen molar-refractivity contribution < 1.29 is 19.7 Å². The fourth-order valence-corrected chi connectivity index (χ4v) is 3.87. The highest BCUT2D eigenvalue weighted by Gasteiger charge is 2.25. The number of carbonyl (C=O) groups excluding carboxylic acids is 1. The number of rotatable bonds is 9. The third-order valence-electron chi connectivity index (χ3n) is 5.63. The maximum absolute atomic E-state index is 12.1. The van der Waals surface area contributed by atoms with Crippen molar-refractivity contribution in [3.8, 4) is 11.6 Å². The molecule has 1 fully saturated rings. The van der Waals surface area contributed by atoms with E-state index in [1.165, 1.54) is 6.33 Å². The minimum atomic E-state index is -0.151. The molecule has 1 amide bonds. The molecule has 2 aromatic heterocycles. The number of hydrogen-bond acceptors (Lipinski definition) is 9. The number of likely N-dealkylation sites (N-methyl/N-ethyl adjacent to an activating group) is 1. The number of benzene rings is 1. The zero-order chi connectivity index (χ0) is 23.9. The summed E-state index contributed by atoms with van der Waals surface area (Å²) in [7, 11) is 1.87. The summed E-state index contributed by atoms with van der Waals surface area (Å²) < 4.78 is 5.70. The standard InChI is InChI=1S/C23H29N7O4/c1-24-6-12-34-17-4-2-3-16(13-17)25-14-18-20-21(28-23(18)33)26-15-27-22(20)30-9-7-29(8-10-30)19(32)5-11-31/h2-4,13-15,24,31,33H,5-12H2,1H3,(H,26,27,28). The number of piperazine rings is 1. The normalized spacial score (nSPS) is 14.3. The van der Waals surface area contributed by atoms with Crippen molar-refractivity contribution in [2.45, 2.75) is 6.42 Å². The number of nitrogens with zero attached hydrogens (tertiary/aromatic N) is 5. The van der Waals surface area contributed by atoms with Gasteiger partial charge in [-0.05, 0) is 19.2 Å². The van der Waals surface area contributed by atoms with Gasteiger partial charge < -0.3 is 35.1 Å². The quantitative estimate of drug-likeness (QED) is 0.270. The van der Waals surface area contributed by atoms with E-state index in [4.69, 9.17) is 9.84 Å². The third kappa shape index (κ3) is 5.26. The van der Waals surface area contributed by atoms with Crippen LogP contribution in [0.1, 0.15) is 12.0 Å². The number of aliphatic hydroxyl groups is 1. The number of anilines is 1. The van der Waals surface area contributed by atoms with Crippen molar-refractivity contribution >= 4 is 34.7 Å². The molecule has 0 radical (unpaired) electrons. The summed E-state index contributed by atoms with van der Waals surface area (Å²) in [6, 6.07) is 7.42. The highest BCUT2D eigenvalue weighted by atomic mass is 16.5. The van der Waals surface area contributed by atoms with Crippen LogP contribution in [0.15, 0.2) is 35.6 Å². The van der Waals surface area contributed by atoms with Crippen LogP contribution in [-0.4, -0.2) is 95.2 Å². The molecule has 1 aromatic carbocycles. The molecule has 1 saturated heterocycles. The first-order valence-electron chi connectivity index (χ1n) is 11.2. The van der Waals surface area contributed by atoms with Gasteiger partial charge in [0.25, 0.3) is 0 Å². The fraction of sp³-hybridized carbons (Fsp3) is 0.391. The Morgan fingerprint density at radius 1 is 1.29 bits per heavy atom. The van der Waals surface area contributed by atoms with Crippen molar-refractivity contribution in [2.24, 2.45) is 4.99 Å². The van der Waals surface area contributed by atoms with Gasteiger partial charge in [-0.15, -0.1) is 0 Å². The van der Waals surface area contributed by atoms with Crippen molar-refractivity contribution in [1.82, 2.24) is 25.2 Å². The number of ether oxygens (including phenoxy) is 1. The first kappa shape index (κ1) is 23.5. The van der Waals surface area contributed by atoms with E-state index >= 15 is 0 Å². The Hall–Kier alpha value is -3.70. The largest absolute Gasteiger partial charge is 0.494 e. The second-order valence-corrected chi connectivity index (χ2v) is 7.86. The van der Waals surface area contributed by atoms with Gasteiger partial charge in [0, 0.05) is 51.4 Å². The molecule has 34 heavy (non-hydrogen) atoms. The Morgan fingerprint density at radius 3 is 2.88 bits per heavy atom. The molecule has 1 aliphatic heterocycles. The molecule has 4 rings (SSSR count). The molecule has 180 valence electrons. The summed E-state index contributed by atoms with van der Waals surface area (Å²) >= 11 is 0. The summed E-state index contributed by atoms with van der Waals surface area (Å²) in [6.07, 6.45) is 3.17. The second-order valence-electron chi connectivity index (χ2n) is 7.86. The molecule has 0 saturated carbocycles. The van der Waals surface area contributed by atoms with Crippen LogP contribution in [0.4, 0.5) is 11.5 Å². The lowest BCUT2D eigenvalue weighted by atomic mass is 10.2. The first-order valence-corrected chi connectivity index (χ1v) is 11.2. The fourth-order valence-electron chi connectivity index (χ4n) is 3.87. The summed E-state index contributed by atoms with van der Waals surface area (Å²) in [5, 5.41) is 23.3. The average molecular weight is 468 g/mol. The molecule has 4 N–H and O–H groups in total. The molecule has 3 heterocycles. The highest BCUT2D eigenvalue weighted by molar-refractivity contribution is 6.06. The number of nitrogens with one attached hydrogen (secondary N) is 2. The maximum Gasteiger partial charge on any atom is 0.225 e. The molecule has 0 spiro atoms. The molecule has 0 atom stereocenters. The molecule has 0 aliphatic carbocycles. The molecular weight excluding hydrogens is 438 g/mol. The smallest absolute Gasteiger partial charge is 0.225 e. The van der Waals surface area contributed by atoms with Crippen LogP contribution in [0.3, 0.4) is 0 Å². The van der Waals surface area contributed by atoms with E-state index in [9.17, 15) is 9.90 Å². The Kier molecular flexibility index (Phi) is 7.55. The molecule has 0 unspecified atom stereocenters. The maximum atomic E-state index is 12.1. The number of hydrogen-bond donors (Lipinski definition) is 4. The van der Waals surface area contributed by atoms with Gasteiger partial charge >= 0.3 is 0 Å². The van der Waals surface area contributed by atoms with E-state index in [0.29, 0.717) is 66.6 Å². The topological polar surface area (TPSA) is 139 Å². The number of aromatic hydroxyl groups is 1. The van der Waals surface area contributed by atoms with Crippen LogP contribution in [0.25, 0.3) is 11.0 Å². The molecule has 1 aliphatic rings. The zero-order valence-electron chi connectivity index (χ0n) is 19.1. The zero-order valence-corrected chi connectivity index (χ0v) is 19.1. The van der Waals surface area contributed by atoms with Gasteiger partial charge in [0.1, 0.15) is 30.1 Å². The Bertz CT molecular complexity index is 1160. The summed E-state index contributed by atoms with van der Waals surface area (Å²) in [5.41, 5.74) is 1.68. The average Bonchev–Trinajstić information content (AvgIpc) is 3.18. The molecular formula is C23H29N7O4. The van der Waals surface area contributed by atoms with Crippen LogP contribution in [0, 0.1) is 0 Å². The number of fused-ring (bicyclic) bond motifs is 1. The van der Waals surface area contributed by atoms with Crippen LogP contribution >= 0.6 is 0 Å². The van der Waals surface area contributed by atoms with Crippen molar-refractivity contribution in [3.63, 3.8) is 0 Å². The van der Waals surface area contributed by atoms with E-state index in [1.54, 1.807) is 11.1 Å². The Labute approximate surface area is 197 Å². The summed E-state index contributed by atoms with van der Waals surface area (Å²) in [5.74, 6) is 1.28. The molecule has 11 nitrogen and oxygen atoms in total. The van der Waals surface area contributed by atoms with Crippen LogP contribution in [0.2, 0.25) is 0 Å². The summed E-state index contributed by atoms with van der Waals surface area (Å²) in [4.78, 5) is 32.1. The van der Waals surface area contributed by atoms with Gasteiger partial charge in [0.2, 0.25) is 5.91 Å². The number of aromatic nitrogens is 3. The number of H-pyrrole nitrogens is 1. The highest BCUT2D eigenvalue weighted by Crippen LogP contribution is 2.32. The first-order chi connectivity index (χ1) is 16.6. The van der Waals surface area contributed by atoms with Crippen LogP contribution < -0.4 is 15.0 Å². The lowest BCUT2D eigenvalue weighted by Crippen LogP contribution is -2.49. The SMILES string of the molecule is CNCCOc1cccc(N=Cc2c(O)[nH]c3ncnc(N4CCN(C(=O)CCO)CC4)c23)c1. The molecule has 11 heteroatoms. The third-order valence-corrected chi connectivity index (χ3v) is 5.63. The predicted octanol–water partition coefficient (Wildman–Crippen LogP) is 1.04. The number of amides is 1. The predicted molar refractivity (Wildman–Crippen MR) is 129 cm³/mol. The monoisotopic (exact) mass is 467 g/mol. The lowest BCUT2D eigenvalue weighted by molar-refractivity contribution is -0.132. The second kappa shape index (κ2) is 10.9. The van der Waals surface area contributed by atoms with Gasteiger partial charge in [-0.25, -0.2) is 9.97 Å². The summed E-state index contributed by atoms with van der Waals surface area (Å²) in [6.45, 7) is 3.36.